The van der Waals surface area contributed by atoms with Gasteiger partial charge in [0.05, 0.1) is 11.8 Å². The zero-order chi connectivity index (χ0) is 20.5. The average molecular weight is 378 g/mol. The van der Waals surface area contributed by atoms with Gasteiger partial charge in [0.25, 0.3) is 0 Å². The monoisotopic (exact) mass is 378 g/mol. The van der Waals surface area contributed by atoms with Crippen molar-refractivity contribution in [3.63, 3.8) is 0 Å². The summed E-state index contributed by atoms with van der Waals surface area (Å²) in [5, 5.41) is 0. The van der Waals surface area contributed by atoms with Crippen molar-refractivity contribution in [2.24, 2.45) is 11.8 Å². The van der Waals surface area contributed by atoms with E-state index in [-0.39, 0.29) is 23.8 Å². The molecule has 4 nitrogen and oxygen atoms in total. The molecule has 1 aliphatic carbocycles. The molecular formula is C23H27BO4. The first-order valence-corrected chi connectivity index (χ1v) is 9.56. The third-order valence-corrected chi connectivity index (χ3v) is 4.89. The van der Waals surface area contributed by atoms with E-state index >= 15 is 0 Å². The SMILES string of the molecule is B/C(C=C)=C/C=C(\C=C)OC(=O)[C@H]1CC[C@H](C(=O)Oc2ccc(C)cc2)CC1. The van der Waals surface area contributed by atoms with Gasteiger partial charge in [-0.05, 0) is 56.9 Å². The minimum absolute atomic E-state index is 0.182. The standard InChI is InChI=1S/C23H27BO4/c1-4-19(24)12-15-20(5-2)27-22(25)17-8-10-18(11-9-17)23(26)28-21-13-6-16(3)7-14-21/h4-7,12-15,17-18H,1-2,8-11,24H2,3H3/b19-12+,20-15+/t17-,18-. The van der Waals surface area contributed by atoms with Crippen molar-refractivity contribution >= 4 is 19.8 Å². The van der Waals surface area contributed by atoms with Crippen molar-refractivity contribution in [2.75, 3.05) is 0 Å². The van der Waals surface area contributed by atoms with Gasteiger partial charge in [-0.2, -0.15) is 0 Å². The molecule has 146 valence electrons. The summed E-state index contributed by atoms with van der Waals surface area (Å²) >= 11 is 0. The number of hydrogen-bond donors (Lipinski definition) is 0. The molecule has 0 bridgehead atoms. The van der Waals surface area contributed by atoms with E-state index in [1.165, 1.54) is 6.08 Å². The maximum absolute atomic E-state index is 12.4. The molecule has 1 aromatic carbocycles. The van der Waals surface area contributed by atoms with Crippen LogP contribution >= 0.6 is 0 Å². The number of allylic oxidation sites excluding steroid dienone is 5. The highest BCUT2D eigenvalue weighted by molar-refractivity contribution is 6.23. The summed E-state index contributed by atoms with van der Waals surface area (Å²) in [5.74, 6) is 0.0654. The molecule has 2 rings (SSSR count). The van der Waals surface area contributed by atoms with Crippen LogP contribution in [0, 0.1) is 18.8 Å². The van der Waals surface area contributed by atoms with E-state index in [0.717, 1.165) is 11.0 Å². The van der Waals surface area contributed by atoms with Crippen LogP contribution < -0.4 is 4.74 Å². The molecule has 0 aliphatic heterocycles. The fraction of sp³-hybridized carbons (Fsp3) is 0.304. The van der Waals surface area contributed by atoms with Crippen LogP contribution in [0.3, 0.4) is 0 Å². The second-order valence-electron chi connectivity index (χ2n) is 7.09. The molecule has 0 spiro atoms. The maximum atomic E-state index is 12.4. The van der Waals surface area contributed by atoms with Crippen LogP contribution in [0.15, 0.2) is 73.0 Å². The van der Waals surface area contributed by atoms with Gasteiger partial charge < -0.3 is 9.47 Å². The topological polar surface area (TPSA) is 52.6 Å². The molecule has 0 radical (unpaired) electrons. The lowest BCUT2D eigenvalue weighted by atomic mass is 9.82. The summed E-state index contributed by atoms with van der Waals surface area (Å²) in [5.41, 5.74) is 2.07. The minimum atomic E-state index is -0.277. The number of ether oxygens (including phenoxy) is 2. The Hall–Kier alpha value is -2.82. The maximum Gasteiger partial charge on any atom is 0.314 e. The molecule has 5 heteroatoms. The molecule has 0 aromatic heterocycles. The van der Waals surface area contributed by atoms with Crippen LogP contribution in [0.1, 0.15) is 31.2 Å². The largest absolute Gasteiger partial charge is 0.426 e. The Morgan fingerprint density at radius 2 is 1.54 bits per heavy atom. The molecule has 1 aliphatic rings. The smallest absolute Gasteiger partial charge is 0.314 e. The number of esters is 2. The Morgan fingerprint density at radius 1 is 0.964 bits per heavy atom. The van der Waals surface area contributed by atoms with E-state index in [9.17, 15) is 9.59 Å². The first-order valence-electron chi connectivity index (χ1n) is 9.56. The predicted octanol–water partition coefficient (Wildman–Crippen LogP) is 4.02. The number of rotatable bonds is 7. The fourth-order valence-corrected chi connectivity index (χ4v) is 3.00. The zero-order valence-electron chi connectivity index (χ0n) is 16.6. The first kappa shape index (κ1) is 21.5. The van der Waals surface area contributed by atoms with Crippen LogP contribution in [0.5, 0.6) is 5.75 Å². The summed E-state index contributed by atoms with van der Waals surface area (Å²) in [6.07, 6.45) is 9.20. The predicted molar refractivity (Wildman–Crippen MR) is 113 cm³/mol. The quantitative estimate of drug-likeness (QED) is 0.236. The Morgan fingerprint density at radius 3 is 2.07 bits per heavy atom. The minimum Gasteiger partial charge on any atom is -0.426 e. The molecule has 0 N–H and O–H groups in total. The highest BCUT2D eigenvalue weighted by atomic mass is 16.5. The summed E-state index contributed by atoms with van der Waals surface area (Å²) < 4.78 is 10.9. The van der Waals surface area contributed by atoms with Gasteiger partial charge in [0.15, 0.2) is 0 Å². The lowest BCUT2D eigenvalue weighted by Crippen LogP contribution is -2.29. The van der Waals surface area contributed by atoms with E-state index in [1.54, 1.807) is 24.3 Å². The second-order valence-corrected chi connectivity index (χ2v) is 7.09. The van der Waals surface area contributed by atoms with E-state index < -0.39 is 0 Å². The van der Waals surface area contributed by atoms with Gasteiger partial charge in [-0.1, -0.05) is 48.5 Å². The lowest BCUT2D eigenvalue weighted by molar-refractivity contribution is -0.148. The van der Waals surface area contributed by atoms with Crippen molar-refractivity contribution < 1.29 is 19.1 Å². The molecule has 0 unspecified atom stereocenters. The summed E-state index contributed by atoms with van der Waals surface area (Å²) in [6.45, 7) is 9.34. The molecule has 1 aromatic rings. The van der Waals surface area contributed by atoms with Crippen molar-refractivity contribution in [3.05, 3.63) is 78.5 Å². The van der Waals surface area contributed by atoms with E-state index in [1.807, 2.05) is 33.0 Å². The molecule has 0 heterocycles. The Kier molecular flexibility index (Phi) is 8.06. The molecule has 0 amide bonds. The zero-order valence-corrected chi connectivity index (χ0v) is 16.6. The van der Waals surface area contributed by atoms with Crippen molar-refractivity contribution in [1.29, 1.82) is 0 Å². The lowest BCUT2D eigenvalue weighted by Gasteiger charge is -2.25. The van der Waals surface area contributed by atoms with Crippen molar-refractivity contribution in [3.8, 4) is 5.75 Å². The summed E-state index contributed by atoms with van der Waals surface area (Å²) in [6, 6.07) is 7.40. The molecule has 1 fully saturated rings. The Balaban J connectivity index is 1.85. The average Bonchev–Trinajstić information content (AvgIpc) is 2.72. The number of carbonyl (C=O) groups is 2. The van der Waals surface area contributed by atoms with Crippen LogP contribution in [-0.2, 0) is 14.3 Å². The first-order chi connectivity index (χ1) is 13.4. The van der Waals surface area contributed by atoms with Crippen LogP contribution in [0.4, 0.5) is 0 Å². The third kappa shape index (κ3) is 6.41. The molecule has 0 saturated heterocycles. The van der Waals surface area contributed by atoms with E-state index in [4.69, 9.17) is 9.47 Å². The van der Waals surface area contributed by atoms with Gasteiger partial charge in [0.2, 0.25) is 0 Å². The van der Waals surface area contributed by atoms with Gasteiger partial charge in [-0.15, -0.1) is 0 Å². The van der Waals surface area contributed by atoms with Crippen LogP contribution in [0.25, 0.3) is 0 Å². The number of aryl methyl sites for hydroxylation is 1. The summed E-state index contributed by atoms with van der Waals surface area (Å²) in [7, 11) is 1.91. The van der Waals surface area contributed by atoms with E-state index in [2.05, 4.69) is 13.2 Å². The van der Waals surface area contributed by atoms with Gasteiger partial charge in [0, 0.05) is 0 Å². The van der Waals surface area contributed by atoms with E-state index in [0.29, 0.717) is 37.2 Å². The van der Waals surface area contributed by atoms with Crippen molar-refractivity contribution in [2.45, 2.75) is 32.6 Å². The Labute approximate surface area is 168 Å². The van der Waals surface area contributed by atoms with Gasteiger partial charge in [-0.25, -0.2) is 0 Å². The number of hydrogen-bond acceptors (Lipinski definition) is 4. The molecule has 0 atom stereocenters. The third-order valence-electron chi connectivity index (χ3n) is 4.89. The normalized spacial score (nSPS) is 20.2. The van der Waals surface area contributed by atoms with Gasteiger partial charge in [0.1, 0.15) is 19.4 Å². The number of carbonyl (C=O) groups excluding carboxylic acids is 2. The van der Waals surface area contributed by atoms with Crippen LogP contribution in [-0.4, -0.2) is 19.8 Å². The molecular weight excluding hydrogens is 351 g/mol. The second kappa shape index (κ2) is 10.5. The highest BCUT2D eigenvalue weighted by Crippen LogP contribution is 2.31. The molecule has 1 saturated carbocycles. The summed E-state index contributed by atoms with van der Waals surface area (Å²) in [4.78, 5) is 24.8. The van der Waals surface area contributed by atoms with Gasteiger partial charge in [-0.3, -0.25) is 9.59 Å². The molecule has 28 heavy (non-hydrogen) atoms. The van der Waals surface area contributed by atoms with Crippen molar-refractivity contribution in [1.82, 2.24) is 0 Å². The fourth-order valence-electron chi connectivity index (χ4n) is 3.00. The van der Waals surface area contributed by atoms with Crippen LogP contribution in [0.2, 0.25) is 0 Å². The van der Waals surface area contributed by atoms with Gasteiger partial charge >= 0.3 is 11.9 Å². The Bertz CT molecular complexity index is 781. The highest BCUT2D eigenvalue weighted by Gasteiger charge is 2.32. The number of benzene rings is 1.